The molecule has 3 fully saturated rings. The molecule has 10 atom stereocenters. The lowest BCUT2D eigenvalue weighted by molar-refractivity contribution is -0.0575. The highest BCUT2D eigenvalue weighted by atomic mass is 32.5. The predicted octanol–water partition coefficient (Wildman–Crippen LogP) is 0.0902. The van der Waals surface area contributed by atoms with Gasteiger partial charge in [-0.1, -0.05) is 0 Å². The smallest absolute Gasteiger partial charge is 0.325 e. The molecule has 0 aliphatic carbocycles. The number of nitrogens with zero attached hydrogens (tertiary/aromatic N) is 6. The highest BCUT2D eigenvalue weighted by molar-refractivity contribution is 8.07. The first-order valence-electron chi connectivity index (χ1n) is 13.0. The van der Waals surface area contributed by atoms with Crippen LogP contribution in [0.5, 0.6) is 0 Å². The quantitative estimate of drug-likeness (QED) is 0.161. The summed E-state index contributed by atoms with van der Waals surface area (Å²) in [6, 6.07) is 0. The average molecular weight is 688 g/mol. The fourth-order valence-electron chi connectivity index (χ4n) is 5.42. The summed E-state index contributed by atoms with van der Waals surface area (Å²) < 4.78 is 79.6. The van der Waals surface area contributed by atoms with E-state index in [1.165, 1.54) is 10.9 Å². The van der Waals surface area contributed by atoms with Crippen molar-refractivity contribution in [3.63, 3.8) is 0 Å². The van der Waals surface area contributed by atoms with Crippen LogP contribution in [0.15, 0.2) is 30.0 Å². The molecule has 6 unspecified atom stereocenters. The number of aromatic amines is 1. The third-order valence-corrected chi connectivity index (χ3v) is 10.0. The van der Waals surface area contributed by atoms with Crippen LogP contribution >= 0.6 is 14.2 Å². The highest BCUT2D eigenvalue weighted by Crippen LogP contribution is 2.54. The van der Waals surface area contributed by atoms with Gasteiger partial charge in [-0.3, -0.25) is 18.5 Å². The Balaban J connectivity index is 1.17. The van der Waals surface area contributed by atoms with Gasteiger partial charge >= 0.3 is 6.72 Å². The summed E-state index contributed by atoms with van der Waals surface area (Å²) in [6.07, 6.45) is -8.43. The van der Waals surface area contributed by atoms with E-state index in [0.29, 0.717) is 0 Å². The van der Waals surface area contributed by atoms with Crippen molar-refractivity contribution in [2.75, 3.05) is 18.9 Å². The van der Waals surface area contributed by atoms with Crippen molar-refractivity contribution in [2.45, 2.75) is 49.1 Å². The number of halogens is 2. The molecule has 0 bridgehead atoms. The largest absolute Gasteiger partial charge is 0.386 e. The molecule has 4 aromatic heterocycles. The van der Waals surface area contributed by atoms with E-state index in [1.807, 2.05) is 0 Å². The number of aliphatic hydroxyl groups excluding tert-OH is 1. The predicted molar refractivity (Wildman–Crippen MR) is 150 cm³/mol. The molecule has 5 N–H and O–H groups in total. The van der Waals surface area contributed by atoms with Crippen molar-refractivity contribution >= 4 is 61.6 Å². The molecule has 7 heterocycles. The van der Waals surface area contributed by atoms with Crippen LogP contribution in [-0.4, -0.2) is 102 Å². The van der Waals surface area contributed by atoms with E-state index in [9.17, 15) is 23.7 Å². The molecule has 3 aliphatic heterocycles. The van der Waals surface area contributed by atoms with Gasteiger partial charge in [-0.25, -0.2) is 28.7 Å². The second-order valence-electron chi connectivity index (χ2n) is 10.2. The van der Waals surface area contributed by atoms with Crippen molar-refractivity contribution in [2.24, 2.45) is 0 Å². The molecule has 7 rings (SSSR count). The topological polar surface area (TPSA) is 233 Å². The molecule has 4 aromatic rings. The van der Waals surface area contributed by atoms with Gasteiger partial charge < -0.3 is 48.3 Å². The minimum Gasteiger partial charge on any atom is -0.386 e. The zero-order valence-corrected chi connectivity index (χ0v) is 25.0. The van der Waals surface area contributed by atoms with E-state index in [1.54, 1.807) is 0 Å². The first-order valence-corrected chi connectivity index (χ1v) is 17.2. The van der Waals surface area contributed by atoms with E-state index < -0.39 is 93.3 Å². The lowest BCUT2D eigenvalue weighted by atomic mass is 10.1. The lowest BCUT2D eigenvalue weighted by Crippen LogP contribution is -2.38. The Kier molecular flexibility index (Phi) is 7.69. The summed E-state index contributed by atoms with van der Waals surface area (Å²) in [4.78, 5) is 41.2. The number of hydrogen-bond donors (Lipinski definition) is 4. The Morgan fingerprint density at radius 2 is 1.80 bits per heavy atom. The van der Waals surface area contributed by atoms with Crippen molar-refractivity contribution in [3.05, 3.63) is 41.3 Å². The Labute approximate surface area is 255 Å². The summed E-state index contributed by atoms with van der Waals surface area (Å²) in [6.45, 7) is -5.66. The van der Waals surface area contributed by atoms with Gasteiger partial charge in [-0.2, -0.15) is 0 Å². The molecule has 2 radical (unpaired) electrons. The number of aliphatic hydroxyl groups is 1. The Morgan fingerprint density at radius 3 is 2.60 bits per heavy atom. The summed E-state index contributed by atoms with van der Waals surface area (Å²) in [5, 5.41) is 10.8. The van der Waals surface area contributed by atoms with Crippen LogP contribution in [0.2, 0.25) is 0 Å². The van der Waals surface area contributed by atoms with Gasteiger partial charge in [-0.15, -0.1) is 0 Å². The molecule has 3 saturated heterocycles. The molecular weight excluding hydrogens is 667 g/mol. The number of fused-ring (bicyclic) bond motifs is 4. The number of hydrogen-bond acceptors (Lipinski definition) is 15. The number of alkyl halides is 1. The highest BCUT2D eigenvalue weighted by Gasteiger charge is 2.53. The van der Waals surface area contributed by atoms with Gasteiger partial charge in [0.25, 0.3) is 13.0 Å². The van der Waals surface area contributed by atoms with Gasteiger partial charge in [0.05, 0.1) is 25.9 Å². The average Bonchev–Trinajstić information content (AvgIpc) is 3.71. The normalized spacial score (nSPS) is 37.7. The van der Waals surface area contributed by atoms with Crippen molar-refractivity contribution < 1.29 is 50.9 Å². The fourth-order valence-corrected chi connectivity index (χ4v) is 7.87. The van der Waals surface area contributed by atoms with Crippen molar-refractivity contribution in [3.8, 4) is 0 Å². The second kappa shape index (κ2) is 11.2. The minimum atomic E-state index is -4.58. The Morgan fingerprint density at radius 1 is 1.07 bits per heavy atom. The van der Waals surface area contributed by atoms with Crippen molar-refractivity contribution in [1.82, 2.24) is 34.1 Å². The zero-order valence-electron chi connectivity index (χ0n) is 22.4. The SMILES string of the molecule is [B]P1(=O)OC[C@H]2O[C@@H](n3cnc4c(N)ncnc43)C(F)C2OP(O)(=S)OC[C@H]2O[C@@H](n3cc(F)c4c(=O)[nH]cnc43)C(O)C2O1. The zero-order chi connectivity index (χ0) is 31.8. The van der Waals surface area contributed by atoms with E-state index in [0.717, 1.165) is 23.4 Å². The molecule has 238 valence electrons. The molecule has 0 amide bonds. The summed E-state index contributed by atoms with van der Waals surface area (Å²) in [7, 11) is 1.26. The summed E-state index contributed by atoms with van der Waals surface area (Å²) >= 11 is 5.13. The van der Waals surface area contributed by atoms with Crippen LogP contribution < -0.4 is 11.3 Å². The standard InChI is InChI=1S/C21H21BF2N8O10P2S/c22-43(35)37-2-8-14(11(24)20(39-8)32-6-30-12-16(25)26-4-28-18(12)32)42-44(36,45)38-3-9-15(41-43)13(33)21(40-9)31-1-7(23)10-17(31)27-5-29-19(10)34/h1,4-6,8-9,11,13-15,20-21,33H,2-3H2,(H,36,45)(H2,25,26,28)(H,27,29,34)/t8-,9-,11?,13?,14?,15?,20-,21-,43?,44?/m1/s1. The van der Waals surface area contributed by atoms with Gasteiger partial charge in [0.15, 0.2) is 41.6 Å². The monoisotopic (exact) mass is 688 g/mol. The molecular formula is C21H21BF2N8O10P2S. The van der Waals surface area contributed by atoms with Crippen LogP contribution in [0.4, 0.5) is 14.6 Å². The van der Waals surface area contributed by atoms with Crippen LogP contribution in [-0.2, 0) is 43.9 Å². The van der Waals surface area contributed by atoms with Gasteiger partial charge in [0.1, 0.15) is 47.8 Å². The third kappa shape index (κ3) is 5.42. The lowest BCUT2D eigenvalue weighted by Gasteiger charge is -2.30. The van der Waals surface area contributed by atoms with E-state index >= 15 is 4.39 Å². The van der Waals surface area contributed by atoms with Crippen LogP contribution in [0.1, 0.15) is 12.5 Å². The summed E-state index contributed by atoms with van der Waals surface area (Å²) in [5.41, 5.74) is 5.16. The number of ether oxygens (including phenoxy) is 2. The number of aromatic nitrogens is 7. The van der Waals surface area contributed by atoms with Gasteiger partial charge in [0, 0.05) is 6.20 Å². The molecule has 0 saturated carbocycles. The first-order chi connectivity index (χ1) is 21.3. The number of rotatable bonds is 2. The summed E-state index contributed by atoms with van der Waals surface area (Å²) in [5.74, 6) is -0.925. The number of anilines is 1. The van der Waals surface area contributed by atoms with Crippen LogP contribution in [0, 0.1) is 5.82 Å². The first kappa shape index (κ1) is 30.9. The van der Waals surface area contributed by atoms with Crippen LogP contribution in [0.25, 0.3) is 22.2 Å². The second-order valence-corrected chi connectivity index (χ2v) is 14.5. The Hall–Kier alpha value is -2.75. The number of nitrogens with one attached hydrogen (secondary N) is 1. The van der Waals surface area contributed by atoms with Gasteiger partial charge in [0.2, 0.25) is 7.57 Å². The number of imidazole rings is 1. The number of nitrogens with two attached hydrogens (primary N) is 1. The molecule has 18 nitrogen and oxygen atoms in total. The van der Waals surface area contributed by atoms with E-state index in [-0.39, 0.29) is 22.6 Å². The Bertz CT molecular complexity index is 1950. The molecule has 0 aromatic carbocycles. The third-order valence-electron chi connectivity index (χ3n) is 7.42. The molecule has 24 heteroatoms. The fraction of sp³-hybridized carbons (Fsp3) is 0.476. The maximum atomic E-state index is 16.0. The number of nitrogen functional groups attached to an aromatic ring is 1. The maximum absolute atomic E-state index is 16.0. The molecule has 45 heavy (non-hydrogen) atoms. The molecule has 3 aliphatic rings. The maximum Gasteiger partial charge on any atom is 0.325 e. The number of H-pyrrole nitrogens is 1. The van der Waals surface area contributed by atoms with Crippen molar-refractivity contribution in [1.29, 1.82) is 0 Å². The van der Waals surface area contributed by atoms with E-state index in [4.69, 9.17) is 52.7 Å². The van der Waals surface area contributed by atoms with E-state index in [2.05, 4.69) is 24.9 Å². The molecule has 0 spiro atoms. The van der Waals surface area contributed by atoms with Crippen LogP contribution in [0.3, 0.4) is 0 Å². The minimum absolute atomic E-state index is 0.0379. The van der Waals surface area contributed by atoms with Gasteiger partial charge in [-0.05, 0) is 11.8 Å².